The number of aryl methyl sites for hydroxylation is 1. The summed E-state index contributed by atoms with van der Waals surface area (Å²) < 4.78 is 10.5. The fourth-order valence-corrected chi connectivity index (χ4v) is 4.47. The van der Waals surface area contributed by atoms with Crippen LogP contribution in [-0.4, -0.2) is 19.3 Å². The minimum absolute atomic E-state index is 0.0249. The van der Waals surface area contributed by atoms with Gasteiger partial charge in [0.15, 0.2) is 5.75 Å². The minimum atomic E-state index is -0.473. The molecule has 0 radical (unpaired) electrons. The largest absolute Gasteiger partial charge is 0.465 e. The van der Waals surface area contributed by atoms with E-state index < -0.39 is 5.97 Å². The Kier molecular flexibility index (Phi) is 4.75. The van der Waals surface area contributed by atoms with E-state index in [-0.39, 0.29) is 11.8 Å². The summed E-state index contributed by atoms with van der Waals surface area (Å²) >= 11 is 3.07. The van der Waals surface area contributed by atoms with Gasteiger partial charge < -0.3 is 15.2 Å². The van der Waals surface area contributed by atoms with Gasteiger partial charge in [-0.05, 0) is 30.9 Å². The van der Waals surface area contributed by atoms with Crippen molar-refractivity contribution in [2.45, 2.75) is 17.7 Å². The molecule has 0 aliphatic carbocycles. The van der Waals surface area contributed by atoms with Gasteiger partial charge in [-0.25, -0.2) is 4.79 Å². The van der Waals surface area contributed by atoms with Crippen LogP contribution < -0.4 is 10.5 Å². The van der Waals surface area contributed by atoms with Crippen LogP contribution in [-0.2, 0) is 4.74 Å². The molecule has 2 N–H and O–H groups in total. The molecule has 0 amide bonds. The average molecular weight is 372 g/mol. The van der Waals surface area contributed by atoms with Crippen LogP contribution in [0.2, 0.25) is 0 Å². The predicted molar refractivity (Wildman–Crippen MR) is 97.9 cm³/mol. The van der Waals surface area contributed by atoms with Gasteiger partial charge in [-0.1, -0.05) is 12.1 Å². The SMILES string of the molecule is COC(=O)c1c(C)sc2c1OC(N)=C(C#N)C2c1ccc(SC)cc1. The highest BCUT2D eigenvalue weighted by Gasteiger charge is 2.36. The highest BCUT2D eigenvalue weighted by molar-refractivity contribution is 7.98. The van der Waals surface area contributed by atoms with Crippen LogP contribution in [0.25, 0.3) is 0 Å². The maximum absolute atomic E-state index is 12.1. The first-order valence-corrected chi connectivity index (χ1v) is 9.49. The van der Waals surface area contributed by atoms with Crippen LogP contribution in [0.5, 0.6) is 5.75 Å². The Balaban J connectivity index is 2.20. The first kappa shape index (κ1) is 17.4. The number of nitrogens with zero attached hydrogens (tertiary/aromatic N) is 1. The quantitative estimate of drug-likeness (QED) is 0.652. The van der Waals surface area contributed by atoms with Crippen molar-refractivity contribution >= 4 is 29.1 Å². The summed E-state index contributed by atoms with van der Waals surface area (Å²) in [5.74, 6) is -0.409. The normalized spacial score (nSPS) is 16.0. The number of benzene rings is 1. The van der Waals surface area contributed by atoms with Crippen LogP contribution in [0.15, 0.2) is 40.6 Å². The van der Waals surface area contributed by atoms with Crippen LogP contribution >= 0.6 is 23.1 Å². The molecule has 3 rings (SSSR count). The summed E-state index contributed by atoms with van der Waals surface area (Å²) in [5, 5.41) is 9.59. The van der Waals surface area contributed by atoms with Crippen LogP contribution in [0.3, 0.4) is 0 Å². The van der Waals surface area contributed by atoms with Gasteiger partial charge in [0.25, 0.3) is 0 Å². The molecule has 2 aromatic rings. The molecule has 0 fully saturated rings. The van der Waals surface area contributed by atoms with Gasteiger partial charge in [-0.3, -0.25) is 0 Å². The number of carbonyl (C=O) groups is 1. The van der Waals surface area contributed by atoms with Crippen molar-refractivity contribution in [1.82, 2.24) is 0 Å². The molecule has 5 nitrogen and oxygen atoms in total. The Hall–Kier alpha value is -2.43. The Bertz CT molecular complexity index is 908. The van der Waals surface area contributed by atoms with Gasteiger partial charge >= 0.3 is 5.97 Å². The fraction of sp³-hybridized carbons (Fsp3) is 0.222. The fourth-order valence-electron chi connectivity index (χ4n) is 2.85. The number of rotatable bonds is 3. The molecule has 1 aromatic carbocycles. The van der Waals surface area contributed by atoms with Gasteiger partial charge in [0.05, 0.1) is 17.9 Å². The lowest BCUT2D eigenvalue weighted by molar-refractivity contribution is 0.0597. The van der Waals surface area contributed by atoms with E-state index in [4.69, 9.17) is 15.2 Å². The van der Waals surface area contributed by atoms with E-state index in [2.05, 4.69) is 6.07 Å². The van der Waals surface area contributed by atoms with E-state index >= 15 is 0 Å². The third-order valence-electron chi connectivity index (χ3n) is 4.05. The van der Waals surface area contributed by atoms with Crippen molar-refractivity contribution in [3.8, 4) is 11.8 Å². The summed E-state index contributed by atoms with van der Waals surface area (Å²) in [6.45, 7) is 1.83. The maximum atomic E-state index is 12.1. The zero-order valence-corrected chi connectivity index (χ0v) is 15.6. The number of hydrogen-bond acceptors (Lipinski definition) is 7. The summed E-state index contributed by atoms with van der Waals surface area (Å²) in [6, 6.07) is 10.1. The number of methoxy groups -OCH3 is 1. The topological polar surface area (TPSA) is 85.3 Å². The first-order valence-electron chi connectivity index (χ1n) is 7.45. The summed E-state index contributed by atoms with van der Waals surface area (Å²) in [6.07, 6.45) is 2.01. The second-order valence-electron chi connectivity index (χ2n) is 5.42. The van der Waals surface area contributed by atoms with Crippen LogP contribution in [0.4, 0.5) is 0 Å². The number of esters is 1. The highest BCUT2D eigenvalue weighted by atomic mass is 32.2. The second-order valence-corrected chi connectivity index (χ2v) is 7.55. The second kappa shape index (κ2) is 6.82. The summed E-state index contributed by atoms with van der Waals surface area (Å²) in [4.78, 5) is 14.8. The lowest BCUT2D eigenvalue weighted by Crippen LogP contribution is -2.21. The van der Waals surface area contributed by atoms with Crippen molar-refractivity contribution in [2.24, 2.45) is 5.73 Å². The molecule has 2 heterocycles. The molecule has 128 valence electrons. The number of thioether (sulfide) groups is 1. The Morgan fingerprint density at radius 1 is 1.40 bits per heavy atom. The van der Waals surface area contributed by atoms with Crippen molar-refractivity contribution in [3.63, 3.8) is 0 Å². The van der Waals surface area contributed by atoms with Crippen LogP contribution in [0, 0.1) is 18.3 Å². The Morgan fingerprint density at radius 2 is 2.08 bits per heavy atom. The van der Waals surface area contributed by atoms with E-state index in [1.165, 1.54) is 18.4 Å². The molecule has 7 heteroatoms. The molecule has 1 aliphatic rings. The molecular weight excluding hydrogens is 356 g/mol. The van der Waals surface area contributed by atoms with Gasteiger partial charge in [0.2, 0.25) is 5.88 Å². The molecule has 1 unspecified atom stereocenters. The third kappa shape index (κ3) is 2.88. The zero-order chi connectivity index (χ0) is 18.1. The smallest absolute Gasteiger partial charge is 0.342 e. The first-order chi connectivity index (χ1) is 12.0. The Labute approximate surface area is 154 Å². The Morgan fingerprint density at radius 3 is 2.64 bits per heavy atom. The van der Waals surface area contributed by atoms with Crippen molar-refractivity contribution in [1.29, 1.82) is 5.26 Å². The van der Waals surface area contributed by atoms with Crippen LogP contribution in [0.1, 0.15) is 31.6 Å². The number of hydrogen-bond donors (Lipinski definition) is 1. The zero-order valence-electron chi connectivity index (χ0n) is 14.0. The van der Waals surface area contributed by atoms with E-state index in [1.54, 1.807) is 11.8 Å². The lowest BCUT2D eigenvalue weighted by Gasteiger charge is -2.24. The maximum Gasteiger partial charge on any atom is 0.342 e. The molecule has 1 aromatic heterocycles. The van der Waals surface area contributed by atoms with Gasteiger partial charge in [-0.2, -0.15) is 5.26 Å². The molecular formula is C18H16N2O3S2. The van der Waals surface area contributed by atoms with Crippen molar-refractivity contribution in [2.75, 3.05) is 13.4 Å². The molecule has 0 saturated heterocycles. The van der Waals surface area contributed by atoms with E-state index in [1.807, 2.05) is 37.4 Å². The number of ether oxygens (including phenoxy) is 2. The van der Waals surface area contributed by atoms with E-state index in [0.29, 0.717) is 16.9 Å². The average Bonchev–Trinajstić information content (AvgIpc) is 2.95. The number of nitriles is 1. The number of allylic oxidation sites excluding steroid dienone is 1. The summed E-state index contributed by atoms with van der Waals surface area (Å²) in [7, 11) is 1.33. The highest BCUT2D eigenvalue weighted by Crippen LogP contribution is 2.49. The van der Waals surface area contributed by atoms with E-state index in [0.717, 1.165) is 20.2 Å². The third-order valence-corrected chi connectivity index (χ3v) is 5.95. The lowest BCUT2D eigenvalue weighted by atomic mass is 9.88. The molecule has 25 heavy (non-hydrogen) atoms. The van der Waals surface area contributed by atoms with Crippen molar-refractivity contribution in [3.05, 3.63) is 56.6 Å². The molecule has 0 spiro atoms. The standard InChI is InChI=1S/C18H16N2O3S2/c1-9-13(18(21)22-2)15-16(25-9)14(12(8-19)17(20)23-15)10-4-6-11(24-3)7-5-10/h4-7,14H,20H2,1-3H3. The van der Waals surface area contributed by atoms with Gasteiger partial charge in [-0.15, -0.1) is 23.1 Å². The van der Waals surface area contributed by atoms with E-state index in [9.17, 15) is 10.1 Å². The molecule has 1 aliphatic heterocycles. The molecule has 0 saturated carbocycles. The number of thiophene rings is 1. The monoisotopic (exact) mass is 372 g/mol. The predicted octanol–water partition coefficient (Wildman–Crippen LogP) is 3.78. The minimum Gasteiger partial charge on any atom is -0.465 e. The van der Waals surface area contributed by atoms with Gasteiger partial charge in [0, 0.05) is 9.77 Å². The van der Waals surface area contributed by atoms with Crippen molar-refractivity contribution < 1.29 is 14.3 Å². The molecule has 0 bridgehead atoms. The summed E-state index contributed by atoms with van der Waals surface area (Å²) in [5.41, 5.74) is 7.64. The number of fused-ring (bicyclic) bond motifs is 1. The number of carbonyl (C=O) groups excluding carboxylic acids is 1. The number of nitrogens with two attached hydrogens (primary N) is 1. The molecule has 1 atom stereocenters. The van der Waals surface area contributed by atoms with Gasteiger partial charge in [0.1, 0.15) is 17.2 Å².